The van der Waals surface area contributed by atoms with Crippen molar-refractivity contribution >= 4 is 5.82 Å². The van der Waals surface area contributed by atoms with Crippen LogP contribution in [0, 0.1) is 0 Å². The summed E-state index contributed by atoms with van der Waals surface area (Å²) in [7, 11) is 1.66. The molecule has 20 heavy (non-hydrogen) atoms. The number of anilines is 1. The van der Waals surface area contributed by atoms with Gasteiger partial charge in [0.2, 0.25) is 0 Å². The molecule has 0 saturated carbocycles. The van der Waals surface area contributed by atoms with Gasteiger partial charge in [-0.1, -0.05) is 18.2 Å². The second-order valence-corrected chi connectivity index (χ2v) is 4.42. The second-order valence-electron chi connectivity index (χ2n) is 4.42. The molecule has 0 radical (unpaired) electrons. The number of nitrogens with zero attached hydrogens (tertiary/aromatic N) is 1. The van der Waals surface area contributed by atoms with Crippen LogP contribution < -0.4 is 10.1 Å². The van der Waals surface area contributed by atoms with Crippen molar-refractivity contribution in [1.82, 2.24) is 4.98 Å². The molecule has 0 aliphatic rings. The third-order valence-corrected chi connectivity index (χ3v) is 2.88. The SMILES string of the molecule is CCNc1ccc(COCc2ccc(OC)cc2)cn1. The lowest BCUT2D eigenvalue weighted by Crippen LogP contribution is -2.00. The van der Waals surface area contributed by atoms with Gasteiger partial charge in [0.15, 0.2) is 0 Å². The van der Waals surface area contributed by atoms with E-state index in [0.717, 1.165) is 29.2 Å². The van der Waals surface area contributed by atoms with Gasteiger partial charge in [0.05, 0.1) is 20.3 Å². The summed E-state index contributed by atoms with van der Waals surface area (Å²) in [6, 6.07) is 11.9. The highest BCUT2D eigenvalue weighted by molar-refractivity contribution is 5.35. The highest BCUT2D eigenvalue weighted by Crippen LogP contribution is 2.13. The first-order chi connectivity index (χ1) is 9.81. The lowest BCUT2D eigenvalue weighted by atomic mass is 10.2. The normalized spacial score (nSPS) is 10.3. The van der Waals surface area contributed by atoms with E-state index < -0.39 is 0 Å². The van der Waals surface area contributed by atoms with Gasteiger partial charge >= 0.3 is 0 Å². The van der Waals surface area contributed by atoms with Gasteiger partial charge in [-0.25, -0.2) is 4.98 Å². The summed E-state index contributed by atoms with van der Waals surface area (Å²) in [6.07, 6.45) is 1.84. The molecule has 0 saturated heterocycles. The largest absolute Gasteiger partial charge is 0.497 e. The topological polar surface area (TPSA) is 43.4 Å². The number of rotatable bonds is 7. The third-order valence-electron chi connectivity index (χ3n) is 2.88. The second kappa shape index (κ2) is 7.50. The minimum atomic E-state index is 0.561. The molecule has 2 aromatic rings. The van der Waals surface area contributed by atoms with Crippen molar-refractivity contribution in [2.75, 3.05) is 19.0 Å². The molecule has 4 nitrogen and oxygen atoms in total. The molecule has 4 heteroatoms. The number of hydrogen-bond acceptors (Lipinski definition) is 4. The molecule has 0 aliphatic heterocycles. The van der Waals surface area contributed by atoms with E-state index >= 15 is 0 Å². The number of hydrogen-bond donors (Lipinski definition) is 1. The minimum Gasteiger partial charge on any atom is -0.497 e. The van der Waals surface area contributed by atoms with Crippen LogP contribution >= 0.6 is 0 Å². The van der Waals surface area contributed by atoms with E-state index in [4.69, 9.17) is 9.47 Å². The monoisotopic (exact) mass is 272 g/mol. The highest BCUT2D eigenvalue weighted by atomic mass is 16.5. The summed E-state index contributed by atoms with van der Waals surface area (Å²) in [5, 5.41) is 3.16. The van der Waals surface area contributed by atoms with E-state index in [2.05, 4.69) is 10.3 Å². The van der Waals surface area contributed by atoms with Gasteiger partial charge < -0.3 is 14.8 Å². The Labute approximate surface area is 119 Å². The van der Waals surface area contributed by atoms with Gasteiger partial charge in [0.25, 0.3) is 0 Å². The molecule has 1 N–H and O–H groups in total. The molecule has 106 valence electrons. The Morgan fingerprint density at radius 2 is 1.70 bits per heavy atom. The van der Waals surface area contributed by atoms with Crippen molar-refractivity contribution in [2.24, 2.45) is 0 Å². The number of methoxy groups -OCH3 is 1. The van der Waals surface area contributed by atoms with Crippen molar-refractivity contribution in [1.29, 1.82) is 0 Å². The van der Waals surface area contributed by atoms with E-state index in [0.29, 0.717) is 13.2 Å². The van der Waals surface area contributed by atoms with Crippen LogP contribution in [0.5, 0.6) is 5.75 Å². The van der Waals surface area contributed by atoms with E-state index in [9.17, 15) is 0 Å². The first kappa shape index (κ1) is 14.3. The fourth-order valence-electron chi connectivity index (χ4n) is 1.80. The third kappa shape index (κ3) is 4.24. The fourth-order valence-corrected chi connectivity index (χ4v) is 1.80. The van der Waals surface area contributed by atoms with Gasteiger partial charge in [-0.3, -0.25) is 0 Å². The van der Waals surface area contributed by atoms with E-state index in [1.165, 1.54) is 0 Å². The smallest absolute Gasteiger partial charge is 0.125 e. The Bertz CT molecular complexity index is 509. The summed E-state index contributed by atoms with van der Waals surface area (Å²) in [5.41, 5.74) is 2.20. The summed E-state index contributed by atoms with van der Waals surface area (Å²) in [6.45, 7) is 4.07. The number of pyridine rings is 1. The van der Waals surface area contributed by atoms with Crippen LogP contribution in [0.15, 0.2) is 42.6 Å². The van der Waals surface area contributed by atoms with Crippen LogP contribution in [0.25, 0.3) is 0 Å². The molecule has 0 aliphatic carbocycles. The molecule has 0 fully saturated rings. The van der Waals surface area contributed by atoms with E-state index in [-0.39, 0.29) is 0 Å². The summed E-state index contributed by atoms with van der Waals surface area (Å²) in [5.74, 6) is 1.75. The number of ether oxygens (including phenoxy) is 2. The van der Waals surface area contributed by atoms with Crippen molar-refractivity contribution < 1.29 is 9.47 Å². The van der Waals surface area contributed by atoms with Crippen LogP contribution in [0.3, 0.4) is 0 Å². The standard InChI is InChI=1S/C16H20N2O2/c1-3-17-16-9-6-14(10-18-16)12-20-11-13-4-7-15(19-2)8-5-13/h4-10H,3,11-12H2,1-2H3,(H,17,18). The van der Waals surface area contributed by atoms with Gasteiger partial charge in [-0.05, 0) is 36.2 Å². The first-order valence-corrected chi connectivity index (χ1v) is 6.71. The quantitative estimate of drug-likeness (QED) is 0.840. The highest BCUT2D eigenvalue weighted by Gasteiger charge is 1.98. The maximum atomic E-state index is 5.68. The van der Waals surface area contributed by atoms with E-state index in [1.807, 2.05) is 49.5 Å². The zero-order valence-electron chi connectivity index (χ0n) is 11.9. The van der Waals surface area contributed by atoms with Gasteiger partial charge in [0.1, 0.15) is 11.6 Å². The predicted molar refractivity (Wildman–Crippen MR) is 79.9 cm³/mol. The molecule has 2 rings (SSSR count). The maximum Gasteiger partial charge on any atom is 0.125 e. The summed E-state index contributed by atoms with van der Waals surface area (Å²) < 4.78 is 10.8. The molecule has 0 atom stereocenters. The molecule has 0 spiro atoms. The zero-order chi connectivity index (χ0) is 14.2. The molecule has 1 aromatic heterocycles. The Balaban J connectivity index is 1.79. The molecule has 1 heterocycles. The summed E-state index contributed by atoms with van der Waals surface area (Å²) in [4.78, 5) is 4.31. The van der Waals surface area contributed by atoms with Crippen LogP contribution in [-0.2, 0) is 18.0 Å². The van der Waals surface area contributed by atoms with E-state index in [1.54, 1.807) is 7.11 Å². The lowest BCUT2D eigenvalue weighted by Gasteiger charge is -2.07. The number of benzene rings is 1. The molecule has 0 amide bonds. The molecule has 0 unspecified atom stereocenters. The lowest BCUT2D eigenvalue weighted by molar-refractivity contribution is 0.107. The molecular weight excluding hydrogens is 252 g/mol. The van der Waals surface area contributed by atoms with Gasteiger partial charge in [0, 0.05) is 12.7 Å². The Morgan fingerprint density at radius 3 is 2.30 bits per heavy atom. The van der Waals surface area contributed by atoms with Gasteiger partial charge in [-0.2, -0.15) is 0 Å². The van der Waals surface area contributed by atoms with Crippen LogP contribution in [-0.4, -0.2) is 18.6 Å². The molecular formula is C16H20N2O2. The number of nitrogens with one attached hydrogen (secondary N) is 1. The van der Waals surface area contributed by atoms with Crippen molar-refractivity contribution in [3.8, 4) is 5.75 Å². The predicted octanol–water partition coefficient (Wildman–Crippen LogP) is 3.24. The average molecular weight is 272 g/mol. The fraction of sp³-hybridized carbons (Fsp3) is 0.312. The average Bonchev–Trinajstić information content (AvgIpc) is 2.50. The minimum absolute atomic E-state index is 0.561. The van der Waals surface area contributed by atoms with Crippen LogP contribution in [0.1, 0.15) is 18.1 Å². The number of aromatic nitrogens is 1. The Morgan fingerprint density at radius 1 is 1.00 bits per heavy atom. The van der Waals surface area contributed by atoms with Gasteiger partial charge in [-0.15, -0.1) is 0 Å². The van der Waals surface area contributed by atoms with Crippen LogP contribution in [0.2, 0.25) is 0 Å². The summed E-state index contributed by atoms with van der Waals surface area (Å²) >= 11 is 0. The first-order valence-electron chi connectivity index (χ1n) is 6.71. The zero-order valence-corrected chi connectivity index (χ0v) is 11.9. The Kier molecular flexibility index (Phi) is 5.38. The molecule has 1 aromatic carbocycles. The van der Waals surface area contributed by atoms with Crippen molar-refractivity contribution in [3.05, 3.63) is 53.7 Å². The van der Waals surface area contributed by atoms with Crippen molar-refractivity contribution in [2.45, 2.75) is 20.1 Å². The van der Waals surface area contributed by atoms with Crippen LogP contribution in [0.4, 0.5) is 5.82 Å². The maximum absolute atomic E-state index is 5.68. The Hall–Kier alpha value is -2.07. The molecule has 0 bridgehead atoms. The van der Waals surface area contributed by atoms with Crippen molar-refractivity contribution in [3.63, 3.8) is 0 Å².